The summed E-state index contributed by atoms with van der Waals surface area (Å²) >= 11 is 0. The first-order valence-electron chi connectivity index (χ1n) is 6.28. The fraction of sp³-hybridized carbons (Fsp3) is 0.125. The van der Waals surface area contributed by atoms with Crippen LogP contribution in [-0.2, 0) is 13.2 Å². The molecule has 0 bridgehead atoms. The first kappa shape index (κ1) is 15.6. The lowest BCUT2D eigenvalue weighted by molar-refractivity contribution is -0.137. The highest BCUT2D eigenvalue weighted by Crippen LogP contribution is 2.33. The number of nitrogens with zero attached hydrogens (tertiary/aromatic N) is 2. The summed E-state index contributed by atoms with van der Waals surface area (Å²) in [7, 11) is 1.62. The third kappa shape index (κ3) is 3.09. The van der Waals surface area contributed by atoms with Crippen LogP contribution in [0.3, 0.4) is 0 Å². The molecule has 0 atom stereocenters. The van der Waals surface area contributed by atoms with E-state index in [0.29, 0.717) is 0 Å². The number of rotatable bonds is 3. The lowest BCUT2D eigenvalue weighted by atomic mass is 10.0. The maximum atomic E-state index is 12.9. The molecular weight excluding hydrogens is 293 g/mol. The SMILES string of the molecule is Cn1cccc1C(=O)/C(C#N)=C/c1ccccc1C(F)(F)F. The topological polar surface area (TPSA) is 45.8 Å². The molecule has 0 unspecified atom stereocenters. The molecule has 0 N–H and O–H groups in total. The van der Waals surface area contributed by atoms with Gasteiger partial charge in [-0.3, -0.25) is 4.79 Å². The van der Waals surface area contributed by atoms with E-state index in [1.54, 1.807) is 25.4 Å². The van der Waals surface area contributed by atoms with Gasteiger partial charge in [0.1, 0.15) is 11.6 Å². The van der Waals surface area contributed by atoms with Crippen molar-refractivity contribution >= 4 is 11.9 Å². The van der Waals surface area contributed by atoms with Crippen LogP contribution in [0.1, 0.15) is 21.6 Å². The highest BCUT2D eigenvalue weighted by Gasteiger charge is 2.32. The van der Waals surface area contributed by atoms with E-state index in [1.807, 2.05) is 0 Å². The second-order valence-corrected chi connectivity index (χ2v) is 4.59. The molecule has 1 aromatic carbocycles. The highest BCUT2D eigenvalue weighted by molar-refractivity contribution is 6.13. The number of carbonyl (C=O) groups excluding carboxylic acids is 1. The maximum Gasteiger partial charge on any atom is 0.416 e. The zero-order chi connectivity index (χ0) is 16.3. The Morgan fingerprint density at radius 3 is 2.45 bits per heavy atom. The molecule has 0 saturated carbocycles. The van der Waals surface area contributed by atoms with Crippen molar-refractivity contribution in [1.29, 1.82) is 5.26 Å². The molecule has 0 spiro atoms. The minimum Gasteiger partial charge on any atom is -0.348 e. The molecule has 112 valence electrons. The van der Waals surface area contributed by atoms with Crippen molar-refractivity contribution < 1.29 is 18.0 Å². The largest absolute Gasteiger partial charge is 0.416 e. The molecule has 0 saturated heterocycles. The second kappa shape index (κ2) is 5.90. The fourth-order valence-corrected chi connectivity index (χ4v) is 2.02. The van der Waals surface area contributed by atoms with Crippen molar-refractivity contribution in [2.45, 2.75) is 6.18 Å². The van der Waals surface area contributed by atoms with Gasteiger partial charge in [-0.05, 0) is 29.8 Å². The average Bonchev–Trinajstić information content (AvgIpc) is 2.89. The number of hydrogen-bond donors (Lipinski definition) is 0. The van der Waals surface area contributed by atoms with E-state index in [2.05, 4.69) is 0 Å². The zero-order valence-corrected chi connectivity index (χ0v) is 11.6. The van der Waals surface area contributed by atoms with Gasteiger partial charge in [0.15, 0.2) is 0 Å². The first-order valence-corrected chi connectivity index (χ1v) is 6.28. The number of ketones is 1. The molecule has 2 rings (SSSR count). The summed E-state index contributed by atoms with van der Waals surface area (Å²) in [4.78, 5) is 12.2. The smallest absolute Gasteiger partial charge is 0.348 e. The van der Waals surface area contributed by atoms with Gasteiger partial charge in [-0.25, -0.2) is 0 Å². The van der Waals surface area contributed by atoms with Crippen molar-refractivity contribution in [3.8, 4) is 6.07 Å². The average molecular weight is 304 g/mol. The third-order valence-electron chi connectivity index (χ3n) is 3.11. The Morgan fingerprint density at radius 1 is 1.23 bits per heavy atom. The number of benzene rings is 1. The Kier molecular flexibility index (Phi) is 4.18. The molecule has 2 aromatic rings. The zero-order valence-electron chi connectivity index (χ0n) is 11.6. The number of carbonyl (C=O) groups is 1. The van der Waals surface area contributed by atoms with Crippen LogP contribution in [0.2, 0.25) is 0 Å². The summed E-state index contributed by atoms with van der Waals surface area (Å²) in [5, 5.41) is 9.11. The Morgan fingerprint density at radius 2 is 1.91 bits per heavy atom. The van der Waals surface area contributed by atoms with Crippen LogP contribution in [0.5, 0.6) is 0 Å². The summed E-state index contributed by atoms with van der Waals surface area (Å²) in [6.07, 6.45) is -1.97. The number of nitriles is 1. The standard InChI is InChI=1S/C16H11F3N2O/c1-21-8-4-7-14(21)15(22)12(10-20)9-11-5-2-3-6-13(11)16(17,18)19/h2-9H,1H3/b12-9+. The van der Waals surface area contributed by atoms with Crippen LogP contribution in [-0.4, -0.2) is 10.4 Å². The van der Waals surface area contributed by atoms with E-state index < -0.39 is 17.5 Å². The van der Waals surface area contributed by atoms with Crippen molar-refractivity contribution in [3.63, 3.8) is 0 Å². The van der Waals surface area contributed by atoms with Gasteiger partial charge in [-0.1, -0.05) is 18.2 Å². The molecule has 3 nitrogen and oxygen atoms in total. The number of hydrogen-bond acceptors (Lipinski definition) is 2. The predicted molar refractivity (Wildman–Crippen MR) is 74.8 cm³/mol. The number of aromatic nitrogens is 1. The normalized spacial score (nSPS) is 12.0. The van der Waals surface area contributed by atoms with E-state index >= 15 is 0 Å². The van der Waals surface area contributed by atoms with Gasteiger partial charge in [0.25, 0.3) is 0 Å². The van der Waals surface area contributed by atoms with Crippen LogP contribution in [0.15, 0.2) is 48.2 Å². The number of Topliss-reactive ketones (excluding diaryl/α,β-unsaturated/α-hetero) is 1. The van der Waals surface area contributed by atoms with Crippen molar-refractivity contribution in [1.82, 2.24) is 4.57 Å². The predicted octanol–water partition coefficient (Wildman–Crippen LogP) is 3.83. The maximum absolute atomic E-state index is 12.9. The first-order chi connectivity index (χ1) is 10.3. The Labute approximate surface area is 124 Å². The highest BCUT2D eigenvalue weighted by atomic mass is 19.4. The van der Waals surface area contributed by atoms with Gasteiger partial charge in [0.2, 0.25) is 5.78 Å². The van der Waals surface area contributed by atoms with Gasteiger partial charge in [0.05, 0.1) is 11.3 Å². The molecule has 6 heteroatoms. The summed E-state index contributed by atoms with van der Waals surface area (Å²) in [5.41, 5.74) is -1.22. The summed E-state index contributed by atoms with van der Waals surface area (Å²) < 4.78 is 40.3. The van der Waals surface area contributed by atoms with E-state index in [1.165, 1.54) is 28.8 Å². The van der Waals surface area contributed by atoms with Gasteiger partial charge >= 0.3 is 6.18 Å². The number of allylic oxidation sites excluding steroid dienone is 1. The Balaban J connectivity index is 2.50. The Hall–Kier alpha value is -2.81. The minimum absolute atomic E-state index is 0.214. The monoisotopic (exact) mass is 304 g/mol. The van der Waals surface area contributed by atoms with Gasteiger partial charge in [-0.15, -0.1) is 0 Å². The lowest BCUT2D eigenvalue weighted by Crippen LogP contribution is -2.09. The van der Waals surface area contributed by atoms with Gasteiger partial charge in [0, 0.05) is 13.2 Å². The van der Waals surface area contributed by atoms with Crippen molar-refractivity contribution in [2.24, 2.45) is 7.05 Å². The van der Waals surface area contributed by atoms with E-state index in [9.17, 15) is 18.0 Å². The van der Waals surface area contributed by atoms with Crippen molar-refractivity contribution in [3.05, 3.63) is 65.0 Å². The summed E-state index contributed by atoms with van der Waals surface area (Å²) in [5.74, 6) is -0.619. The molecule has 0 amide bonds. The second-order valence-electron chi connectivity index (χ2n) is 4.59. The summed E-state index contributed by atoms with van der Waals surface area (Å²) in [6, 6.07) is 9.60. The number of halogens is 3. The quantitative estimate of drug-likeness (QED) is 0.491. The lowest BCUT2D eigenvalue weighted by Gasteiger charge is -2.10. The number of aryl methyl sites for hydroxylation is 1. The molecule has 1 heterocycles. The molecule has 1 aromatic heterocycles. The molecule has 0 fully saturated rings. The fourth-order valence-electron chi connectivity index (χ4n) is 2.02. The van der Waals surface area contributed by atoms with Crippen LogP contribution in [0, 0.1) is 11.3 Å². The van der Waals surface area contributed by atoms with Crippen LogP contribution in [0.25, 0.3) is 6.08 Å². The van der Waals surface area contributed by atoms with E-state index in [4.69, 9.17) is 5.26 Å². The third-order valence-corrected chi connectivity index (χ3v) is 3.11. The number of alkyl halides is 3. The van der Waals surface area contributed by atoms with Crippen LogP contribution in [0.4, 0.5) is 13.2 Å². The molecule has 22 heavy (non-hydrogen) atoms. The molecule has 0 radical (unpaired) electrons. The molecular formula is C16H11F3N2O. The molecule has 0 aliphatic heterocycles. The Bertz CT molecular complexity index is 779. The van der Waals surface area contributed by atoms with Crippen LogP contribution >= 0.6 is 0 Å². The van der Waals surface area contributed by atoms with E-state index in [-0.39, 0.29) is 16.8 Å². The molecule has 0 aliphatic carbocycles. The van der Waals surface area contributed by atoms with Gasteiger partial charge < -0.3 is 4.57 Å². The summed E-state index contributed by atoms with van der Waals surface area (Å²) in [6.45, 7) is 0. The molecule has 0 aliphatic rings. The van der Waals surface area contributed by atoms with Gasteiger partial charge in [-0.2, -0.15) is 18.4 Å². The van der Waals surface area contributed by atoms with E-state index in [0.717, 1.165) is 12.1 Å². The van der Waals surface area contributed by atoms with Crippen LogP contribution < -0.4 is 0 Å². The van der Waals surface area contributed by atoms with Crippen molar-refractivity contribution in [2.75, 3.05) is 0 Å². The minimum atomic E-state index is -4.55.